The quantitative estimate of drug-likeness (QED) is 0.871. The summed E-state index contributed by atoms with van der Waals surface area (Å²) < 4.78 is 9.21. The van der Waals surface area contributed by atoms with Crippen molar-refractivity contribution >= 4 is 33.7 Å². The fourth-order valence-electron chi connectivity index (χ4n) is 1.40. The lowest BCUT2D eigenvalue weighted by atomic mass is 10.4. The average Bonchev–Trinajstić information content (AvgIpc) is 2.86. The summed E-state index contributed by atoms with van der Waals surface area (Å²) in [7, 11) is 1.59. The number of nitrogen functional groups attached to an aromatic ring is 1. The molecule has 0 unspecified atom stereocenters. The molecule has 0 fully saturated rings. The van der Waals surface area contributed by atoms with Crippen LogP contribution in [-0.4, -0.2) is 23.0 Å². The zero-order valence-corrected chi connectivity index (χ0v) is 11.3. The van der Waals surface area contributed by atoms with Crippen LogP contribution in [0.1, 0.15) is 10.7 Å². The number of rotatable bonds is 5. The van der Waals surface area contributed by atoms with Gasteiger partial charge in [0.25, 0.3) is 0 Å². The summed E-state index contributed by atoms with van der Waals surface area (Å²) in [6.45, 7) is 2.80. The van der Waals surface area contributed by atoms with Crippen LogP contribution in [0, 0.1) is 6.92 Å². The number of thiazole rings is 1. The van der Waals surface area contributed by atoms with Crippen molar-refractivity contribution < 1.29 is 4.74 Å². The van der Waals surface area contributed by atoms with E-state index in [1.165, 1.54) is 11.5 Å². The highest BCUT2D eigenvalue weighted by atomic mass is 32.1. The van der Waals surface area contributed by atoms with E-state index in [9.17, 15) is 0 Å². The third-order valence-corrected chi connectivity index (χ3v) is 4.00. The highest BCUT2D eigenvalue weighted by Gasteiger charge is 2.11. The summed E-state index contributed by atoms with van der Waals surface area (Å²) in [5.74, 6) is 1.07. The number of nitrogens with zero attached hydrogens (tertiary/aromatic N) is 2. The van der Waals surface area contributed by atoms with Crippen LogP contribution in [-0.2, 0) is 6.42 Å². The second-order valence-corrected chi connectivity index (χ2v) is 5.21. The van der Waals surface area contributed by atoms with E-state index in [-0.39, 0.29) is 0 Å². The predicted octanol–water partition coefficient (Wildman–Crippen LogP) is 2.15. The number of anilines is 2. The van der Waals surface area contributed by atoms with Crippen molar-refractivity contribution in [2.45, 2.75) is 13.3 Å². The van der Waals surface area contributed by atoms with E-state index in [1.807, 2.05) is 6.92 Å². The van der Waals surface area contributed by atoms with Gasteiger partial charge in [-0.3, -0.25) is 0 Å². The second-order valence-electron chi connectivity index (χ2n) is 3.49. The minimum Gasteiger partial charge on any atom is -0.490 e. The number of nitrogens with two attached hydrogens (primary N) is 1. The molecule has 0 saturated heterocycles. The molecule has 0 amide bonds. The van der Waals surface area contributed by atoms with Crippen molar-refractivity contribution in [2.75, 3.05) is 24.7 Å². The van der Waals surface area contributed by atoms with Crippen LogP contribution >= 0.6 is 22.9 Å². The predicted molar refractivity (Wildman–Crippen MR) is 72.1 cm³/mol. The van der Waals surface area contributed by atoms with Gasteiger partial charge in [0.05, 0.1) is 12.1 Å². The smallest absolute Gasteiger partial charge is 0.197 e. The fraction of sp³-hybridized carbons (Fsp3) is 0.400. The topological polar surface area (TPSA) is 73.1 Å². The summed E-state index contributed by atoms with van der Waals surface area (Å²) >= 11 is 2.99. The monoisotopic (exact) mass is 270 g/mol. The molecule has 2 aromatic rings. The molecular weight excluding hydrogens is 256 g/mol. The Hall–Kier alpha value is -1.34. The van der Waals surface area contributed by atoms with Crippen molar-refractivity contribution in [3.05, 3.63) is 16.1 Å². The van der Waals surface area contributed by atoms with Crippen LogP contribution in [0.15, 0.2) is 5.38 Å². The van der Waals surface area contributed by atoms with Gasteiger partial charge in [-0.15, -0.1) is 11.3 Å². The number of aryl methyl sites for hydroxylation is 1. The maximum absolute atomic E-state index is 5.66. The summed E-state index contributed by atoms with van der Waals surface area (Å²) in [6.07, 6.45) is 0.888. The van der Waals surface area contributed by atoms with Crippen molar-refractivity contribution in [3.63, 3.8) is 0 Å². The standard InChI is InChI=1S/C10H14N4OS2/c1-6-5-16-7(13-6)3-4-12-10-8(15-2)9(11)14-17-10/h5,12H,3-4H2,1-2H3,(H2,11,14). The molecular formula is C10H14N4OS2. The normalized spacial score (nSPS) is 10.5. The van der Waals surface area contributed by atoms with Gasteiger partial charge in [-0.05, 0) is 18.5 Å². The van der Waals surface area contributed by atoms with Gasteiger partial charge in [0.2, 0.25) is 0 Å². The molecule has 3 N–H and O–H groups in total. The largest absolute Gasteiger partial charge is 0.490 e. The lowest BCUT2D eigenvalue weighted by Gasteiger charge is -2.04. The Morgan fingerprint density at radius 2 is 2.35 bits per heavy atom. The fourth-order valence-corrected chi connectivity index (χ4v) is 2.89. The molecule has 92 valence electrons. The Kier molecular flexibility index (Phi) is 3.80. The van der Waals surface area contributed by atoms with Gasteiger partial charge in [0.15, 0.2) is 16.6 Å². The molecule has 0 aliphatic heterocycles. The number of aromatic nitrogens is 2. The third kappa shape index (κ3) is 2.86. The van der Waals surface area contributed by atoms with Crippen LogP contribution in [0.2, 0.25) is 0 Å². The van der Waals surface area contributed by atoms with Crippen LogP contribution in [0.5, 0.6) is 5.75 Å². The zero-order valence-electron chi connectivity index (χ0n) is 9.69. The highest BCUT2D eigenvalue weighted by molar-refractivity contribution is 7.11. The average molecular weight is 270 g/mol. The van der Waals surface area contributed by atoms with Gasteiger partial charge < -0.3 is 15.8 Å². The first-order valence-corrected chi connectivity index (χ1v) is 6.80. The van der Waals surface area contributed by atoms with Crippen LogP contribution < -0.4 is 15.8 Å². The Morgan fingerprint density at radius 1 is 1.53 bits per heavy atom. The molecule has 17 heavy (non-hydrogen) atoms. The molecule has 0 saturated carbocycles. The summed E-state index contributed by atoms with van der Waals surface area (Å²) in [5, 5.41) is 7.32. The maximum Gasteiger partial charge on any atom is 0.197 e. The van der Waals surface area contributed by atoms with E-state index in [4.69, 9.17) is 10.5 Å². The number of hydrogen-bond donors (Lipinski definition) is 2. The molecule has 0 aliphatic rings. The highest BCUT2D eigenvalue weighted by Crippen LogP contribution is 2.34. The molecule has 0 aliphatic carbocycles. The molecule has 2 rings (SSSR count). The van der Waals surface area contributed by atoms with Gasteiger partial charge >= 0.3 is 0 Å². The van der Waals surface area contributed by atoms with Gasteiger partial charge in [-0.1, -0.05) is 0 Å². The minimum atomic E-state index is 0.435. The second kappa shape index (κ2) is 5.33. The SMILES string of the molecule is COc1c(N)nsc1NCCc1nc(C)cs1. The summed E-state index contributed by atoms with van der Waals surface area (Å²) in [5.41, 5.74) is 6.74. The molecule has 0 bridgehead atoms. The Morgan fingerprint density at radius 3 is 3.00 bits per heavy atom. The Bertz CT molecular complexity index is 494. The zero-order chi connectivity index (χ0) is 12.3. The van der Waals surface area contributed by atoms with E-state index < -0.39 is 0 Å². The molecule has 2 aromatic heterocycles. The first-order valence-electron chi connectivity index (χ1n) is 5.14. The Balaban J connectivity index is 1.89. The van der Waals surface area contributed by atoms with E-state index in [2.05, 4.69) is 20.1 Å². The molecule has 5 nitrogen and oxygen atoms in total. The van der Waals surface area contributed by atoms with Gasteiger partial charge in [-0.25, -0.2) is 4.98 Å². The molecule has 0 atom stereocenters. The first-order chi connectivity index (χ1) is 8.20. The van der Waals surface area contributed by atoms with Crippen molar-refractivity contribution in [2.24, 2.45) is 0 Å². The number of hydrogen-bond acceptors (Lipinski definition) is 7. The molecule has 2 heterocycles. The number of ether oxygens (including phenoxy) is 1. The number of methoxy groups -OCH3 is 1. The lowest BCUT2D eigenvalue weighted by molar-refractivity contribution is 0.419. The van der Waals surface area contributed by atoms with Gasteiger partial charge in [0, 0.05) is 24.0 Å². The van der Waals surface area contributed by atoms with Crippen LogP contribution in [0.3, 0.4) is 0 Å². The summed E-state index contributed by atoms with van der Waals surface area (Å²) in [4.78, 5) is 4.40. The van der Waals surface area contributed by atoms with Gasteiger partial charge in [0.1, 0.15) is 0 Å². The number of nitrogens with one attached hydrogen (secondary N) is 1. The molecule has 0 spiro atoms. The van der Waals surface area contributed by atoms with Crippen molar-refractivity contribution in [1.82, 2.24) is 9.36 Å². The van der Waals surface area contributed by atoms with E-state index in [0.29, 0.717) is 11.6 Å². The summed E-state index contributed by atoms with van der Waals surface area (Å²) in [6, 6.07) is 0. The van der Waals surface area contributed by atoms with Crippen molar-refractivity contribution in [3.8, 4) is 5.75 Å². The van der Waals surface area contributed by atoms with Crippen LogP contribution in [0.25, 0.3) is 0 Å². The van der Waals surface area contributed by atoms with E-state index >= 15 is 0 Å². The molecule has 7 heteroatoms. The van der Waals surface area contributed by atoms with E-state index in [0.717, 1.165) is 28.7 Å². The first kappa shape index (κ1) is 12.1. The minimum absolute atomic E-state index is 0.435. The lowest BCUT2D eigenvalue weighted by Crippen LogP contribution is -2.04. The van der Waals surface area contributed by atoms with Crippen molar-refractivity contribution in [1.29, 1.82) is 0 Å². The third-order valence-electron chi connectivity index (χ3n) is 2.17. The Labute approximate surface area is 108 Å². The van der Waals surface area contributed by atoms with E-state index in [1.54, 1.807) is 18.4 Å². The van der Waals surface area contributed by atoms with Gasteiger partial charge in [-0.2, -0.15) is 4.37 Å². The molecule has 0 aromatic carbocycles. The van der Waals surface area contributed by atoms with Crippen LogP contribution in [0.4, 0.5) is 10.8 Å². The maximum atomic E-state index is 5.66. The molecule has 0 radical (unpaired) electrons.